The Bertz CT molecular complexity index is 1230. The molecule has 1 aliphatic rings. The molecule has 1 aliphatic heterocycles. The maximum absolute atomic E-state index is 13.3. The molecule has 33 heavy (non-hydrogen) atoms. The minimum atomic E-state index is -3.73. The van der Waals surface area contributed by atoms with Gasteiger partial charge in [0.1, 0.15) is 5.82 Å². The highest BCUT2D eigenvalue weighted by Gasteiger charge is 2.29. The maximum Gasteiger partial charge on any atom is 0.253 e. The van der Waals surface area contributed by atoms with E-state index in [4.69, 9.17) is 0 Å². The van der Waals surface area contributed by atoms with Crippen LogP contribution in [0.4, 0.5) is 10.1 Å². The van der Waals surface area contributed by atoms with Gasteiger partial charge in [-0.15, -0.1) is 11.3 Å². The van der Waals surface area contributed by atoms with Gasteiger partial charge in [0.15, 0.2) is 0 Å². The second-order valence-corrected chi connectivity index (χ2v) is 11.0. The Kier molecular flexibility index (Phi) is 6.83. The number of anilines is 1. The number of amides is 1. The van der Waals surface area contributed by atoms with E-state index in [-0.39, 0.29) is 16.6 Å². The van der Waals surface area contributed by atoms with E-state index in [1.807, 2.05) is 23.3 Å². The Morgan fingerprint density at radius 2 is 1.76 bits per heavy atom. The fourth-order valence-electron chi connectivity index (χ4n) is 3.85. The first kappa shape index (κ1) is 23.4. The number of rotatable bonds is 6. The van der Waals surface area contributed by atoms with Gasteiger partial charge in [0.05, 0.1) is 11.4 Å². The van der Waals surface area contributed by atoms with Gasteiger partial charge in [0.25, 0.3) is 5.91 Å². The number of aryl methyl sites for hydroxylation is 1. The van der Waals surface area contributed by atoms with Crippen LogP contribution in [0.25, 0.3) is 0 Å². The minimum Gasteiger partial charge on any atom is -0.369 e. The first-order valence-electron chi connectivity index (χ1n) is 10.6. The largest absolute Gasteiger partial charge is 0.369 e. The van der Waals surface area contributed by atoms with Crippen LogP contribution in [0.15, 0.2) is 64.9 Å². The molecule has 3 aromatic rings. The summed E-state index contributed by atoms with van der Waals surface area (Å²) in [5.41, 5.74) is 2.35. The monoisotopic (exact) mass is 487 g/mol. The number of piperazine rings is 1. The lowest BCUT2D eigenvalue weighted by Crippen LogP contribution is -2.48. The number of benzene rings is 2. The minimum absolute atomic E-state index is 0.115. The predicted octanol–water partition coefficient (Wildman–Crippen LogP) is 3.98. The van der Waals surface area contributed by atoms with E-state index < -0.39 is 10.0 Å². The zero-order valence-electron chi connectivity index (χ0n) is 18.6. The molecule has 0 N–H and O–H groups in total. The fraction of sp³-hybridized carbons (Fsp3) is 0.292. The average molecular weight is 488 g/mol. The summed E-state index contributed by atoms with van der Waals surface area (Å²) in [5, 5.41) is 1.99. The first-order valence-corrected chi connectivity index (χ1v) is 13.0. The van der Waals surface area contributed by atoms with Gasteiger partial charge in [-0.2, -0.15) is 4.31 Å². The second-order valence-electron chi connectivity index (χ2n) is 8.08. The smallest absolute Gasteiger partial charge is 0.253 e. The van der Waals surface area contributed by atoms with Crippen molar-refractivity contribution in [2.75, 3.05) is 38.1 Å². The molecule has 9 heteroatoms. The Balaban J connectivity index is 1.45. The number of nitrogens with zero attached hydrogens (tertiary/aromatic N) is 3. The third kappa shape index (κ3) is 5.10. The molecule has 1 aromatic heterocycles. The third-order valence-corrected chi connectivity index (χ3v) is 8.75. The van der Waals surface area contributed by atoms with Gasteiger partial charge in [-0.3, -0.25) is 4.79 Å². The molecule has 1 amide bonds. The van der Waals surface area contributed by atoms with Gasteiger partial charge in [-0.05, 0) is 66.4 Å². The highest BCUT2D eigenvalue weighted by Crippen LogP contribution is 2.23. The Morgan fingerprint density at radius 1 is 1.06 bits per heavy atom. The molecule has 6 nitrogen and oxygen atoms in total. The number of hydrogen-bond acceptors (Lipinski definition) is 5. The number of carbonyl (C=O) groups excluding carboxylic acids is 1. The summed E-state index contributed by atoms with van der Waals surface area (Å²) in [7, 11) is -2.02. The lowest BCUT2D eigenvalue weighted by molar-refractivity contribution is 0.0786. The highest BCUT2D eigenvalue weighted by atomic mass is 32.2. The van der Waals surface area contributed by atoms with E-state index in [0.29, 0.717) is 38.3 Å². The molecule has 1 saturated heterocycles. The molecule has 2 heterocycles. The van der Waals surface area contributed by atoms with Crippen LogP contribution < -0.4 is 4.90 Å². The summed E-state index contributed by atoms with van der Waals surface area (Å²) in [6, 6.07) is 14.5. The van der Waals surface area contributed by atoms with Crippen LogP contribution >= 0.6 is 11.3 Å². The van der Waals surface area contributed by atoms with Gasteiger partial charge in [-0.25, -0.2) is 12.8 Å². The van der Waals surface area contributed by atoms with Crippen LogP contribution in [0.5, 0.6) is 0 Å². The molecule has 174 valence electrons. The van der Waals surface area contributed by atoms with E-state index in [1.165, 1.54) is 28.6 Å². The van der Waals surface area contributed by atoms with Crippen LogP contribution in [0.1, 0.15) is 20.8 Å². The topological polar surface area (TPSA) is 60.9 Å². The summed E-state index contributed by atoms with van der Waals surface area (Å²) in [4.78, 5) is 17.8. The molecule has 2 aromatic carbocycles. The summed E-state index contributed by atoms with van der Waals surface area (Å²) in [6.07, 6.45) is 0. The summed E-state index contributed by atoms with van der Waals surface area (Å²) < 4.78 is 41.1. The Labute approximate surface area is 197 Å². The van der Waals surface area contributed by atoms with Gasteiger partial charge in [0.2, 0.25) is 10.0 Å². The number of thiophene rings is 1. The van der Waals surface area contributed by atoms with Crippen molar-refractivity contribution in [2.24, 2.45) is 0 Å². The maximum atomic E-state index is 13.3. The third-order valence-electron chi connectivity index (χ3n) is 5.84. The van der Waals surface area contributed by atoms with Gasteiger partial charge >= 0.3 is 0 Å². The van der Waals surface area contributed by atoms with Crippen LogP contribution in [-0.4, -0.2) is 56.8 Å². The van der Waals surface area contributed by atoms with Gasteiger partial charge in [0, 0.05) is 49.4 Å². The van der Waals surface area contributed by atoms with E-state index in [1.54, 1.807) is 47.5 Å². The van der Waals surface area contributed by atoms with Crippen molar-refractivity contribution in [1.29, 1.82) is 0 Å². The first-order chi connectivity index (χ1) is 15.8. The molecule has 0 spiro atoms. The van der Waals surface area contributed by atoms with Crippen molar-refractivity contribution in [3.63, 3.8) is 0 Å². The lowest BCUT2D eigenvalue weighted by Gasteiger charge is -2.35. The molecule has 0 aliphatic carbocycles. The average Bonchev–Trinajstić information content (AvgIpc) is 3.23. The Morgan fingerprint density at radius 3 is 2.39 bits per heavy atom. The molecule has 1 fully saturated rings. The number of halogens is 1. The van der Waals surface area contributed by atoms with Gasteiger partial charge in [-0.1, -0.05) is 6.07 Å². The molecule has 4 rings (SSSR count). The fourth-order valence-corrected chi connectivity index (χ4v) is 6.28. The molecule has 0 saturated carbocycles. The lowest BCUT2D eigenvalue weighted by atomic mass is 10.2. The molecular formula is C24H26FN3O3S2. The molecular weight excluding hydrogens is 461 g/mol. The summed E-state index contributed by atoms with van der Waals surface area (Å²) >= 11 is 1.60. The molecule has 0 atom stereocenters. The van der Waals surface area contributed by atoms with Crippen LogP contribution in [0.3, 0.4) is 0 Å². The normalized spacial score (nSPS) is 14.9. The van der Waals surface area contributed by atoms with Crippen molar-refractivity contribution in [3.8, 4) is 0 Å². The Hall–Kier alpha value is -2.75. The molecule has 0 unspecified atom stereocenters. The van der Waals surface area contributed by atoms with Crippen molar-refractivity contribution < 1.29 is 17.6 Å². The number of carbonyl (C=O) groups is 1. The quantitative estimate of drug-likeness (QED) is 0.528. The zero-order chi connectivity index (χ0) is 23.6. The van der Waals surface area contributed by atoms with Crippen LogP contribution in [0, 0.1) is 12.7 Å². The molecule has 0 bridgehead atoms. The summed E-state index contributed by atoms with van der Waals surface area (Å²) in [5.74, 6) is -0.522. The number of sulfonamides is 1. The zero-order valence-corrected chi connectivity index (χ0v) is 20.2. The second kappa shape index (κ2) is 9.62. The van der Waals surface area contributed by atoms with Crippen LogP contribution in [-0.2, 0) is 16.6 Å². The predicted molar refractivity (Wildman–Crippen MR) is 129 cm³/mol. The van der Waals surface area contributed by atoms with Crippen molar-refractivity contribution in [2.45, 2.75) is 18.4 Å². The van der Waals surface area contributed by atoms with E-state index in [9.17, 15) is 17.6 Å². The highest BCUT2D eigenvalue weighted by molar-refractivity contribution is 7.89. The summed E-state index contributed by atoms with van der Waals surface area (Å²) in [6.45, 7) is 4.13. The van der Waals surface area contributed by atoms with E-state index in [2.05, 4.69) is 0 Å². The van der Waals surface area contributed by atoms with Crippen LogP contribution in [0.2, 0.25) is 0 Å². The number of hydrogen-bond donors (Lipinski definition) is 0. The SMILES string of the molecule is Cc1ccsc1CN(C)C(=O)c1cccc(S(=O)(=O)N2CCN(c3ccc(F)cc3)CC2)c1. The molecule has 0 radical (unpaired) electrons. The van der Waals surface area contributed by atoms with Crippen molar-refractivity contribution >= 4 is 33.0 Å². The van der Waals surface area contributed by atoms with E-state index in [0.717, 1.165) is 16.1 Å². The van der Waals surface area contributed by atoms with E-state index >= 15 is 0 Å². The standard InChI is InChI=1S/C24H26FN3O3S2/c1-18-10-15-32-23(18)17-26(2)24(29)19-4-3-5-22(16-19)33(30,31)28-13-11-27(12-14-28)21-8-6-20(25)7-9-21/h3-10,15-16H,11-14,17H2,1-2H3. The van der Waals surface area contributed by atoms with Crippen molar-refractivity contribution in [3.05, 3.63) is 81.8 Å². The van der Waals surface area contributed by atoms with Crippen molar-refractivity contribution in [1.82, 2.24) is 9.21 Å². The van der Waals surface area contributed by atoms with Gasteiger partial charge < -0.3 is 9.80 Å².